The maximum atomic E-state index is 6.17. The highest BCUT2D eigenvalue weighted by Gasteiger charge is 2.18. The highest BCUT2D eigenvalue weighted by Crippen LogP contribution is 2.24. The number of aliphatic imine (C=N–C) groups is 1. The molecule has 158 valence electrons. The van der Waals surface area contributed by atoms with Crippen LogP contribution in [0, 0.1) is 12.8 Å². The normalized spacial score (nSPS) is 17.2. The summed E-state index contributed by atoms with van der Waals surface area (Å²) < 4.78 is 17.2. The number of hydrogen-bond acceptors (Lipinski definition) is 4. The fourth-order valence-electron chi connectivity index (χ4n) is 2.89. The number of ether oxygens (including phenoxy) is 3. The Morgan fingerprint density at radius 3 is 2.89 bits per heavy atom. The third kappa shape index (κ3) is 8.48. The van der Waals surface area contributed by atoms with E-state index in [-0.39, 0.29) is 6.10 Å². The first-order chi connectivity index (χ1) is 13.6. The van der Waals surface area contributed by atoms with Crippen LogP contribution in [0.3, 0.4) is 0 Å². The lowest BCUT2D eigenvalue weighted by molar-refractivity contribution is 0.108. The maximum Gasteiger partial charge on any atom is 0.191 e. The molecule has 1 aromatic carbocycles. The van der Waals surface area contributed by atoms with Gasteiger partial charge in [0.15, 0.2) is 5.96 Å². The summed E-state index contributed by atoms with van der Waals surface area (Å²) in [6.07, 6.45) is 2.04. The van der Waals surface area contributed by atoms with Gasteiger partial charge >= 0.3 is 0 Å². The summed E-state index contributed by atoms with van der Waals surface area (Å²) in [4.78, 5) is 4.74. The fraction of sp³-hybridized carbons (Fsp3) is 0.682. The van der Waals surface area contributed by atoms with E-state index < -0.39 is 0 Å². The summed E-state index contributed by atoms with van der Waals surface area (Å²) >= 11 is 0. The molecule has 1 heterocycles. The van der Waals surface area contributed by atoms with E-state index in [1.54, 1.807) is 0 Å². The van der Waals surface area contributed by atoms with Gasteiger partial charge in [0.2, 0.25) is 0 Å². The molecule has 1 aromatic rings. The summed E-state index contributed by atoms with van der Waals surface area (Å²) in [6.45, 7) is 13.7. The van der Waals surface area contributed by atoms with Crippen molar-refractivity contribution in [1.82, 2.24) is 10.6 Å². The van der Waals surface area contributed by atoms with E-state index >= 15 is 0 Å². The molecule has 6 heteroatoms. The first-order valence-electron chi connectivity index (χ1n) is 10.5. The molecular weight excluding hydrogens is 354 g/mol. The number of nitrogens with one attached hydrogen (secondary N) is 2. The summed E-state index contributed by atoms with van der Waals surface area (Å²) in [5.41, 5.74) is 2.28. The van der Waals surface area contributed by atoms with Crippen molar-refractivity contribution >= 4 is 5.96 Å². The van der Waals surface area contributed by atoms with Crippen LogP contribution >= 0.6 is 0 Å². The van der Waals surface area contributed by atoms with E-state index in [0.29, 0.717) is 19.1 Å². The van der Waals surface area contributed by atoms with Crippen molar-refractivity contribution in [2.75, 3.05) is 39.5 Å². The molecule has 1 saturated heterocycles. The zero-order valence-corrected chi connectivity index (χ0v) is 17.9. The van der Waals surface area contributed by atoms with E-state index in [1.807, 2.05) is 0 Å². The largest absolute Gasteiger partial charge is 0.488 e. The number of benzene rings is 1. The highest BCUT2D eigenvalue weighted by molar-refractivity contribution is 5.79. The van der Waals surface area contributed by atoms with Crippen LogP contribution in [0.15, 0.2) is 23.2 Å². The number of nitrogens with zero attached hydrogens (tertiary/aromatic N) is 1. The molecule has 6 nitrogen and oxygen atoms in total. The first kappa shape index (κ1) is 22.5. The molecular formula is C22H37N3O3. The van der Waals surface area contributed by atoms with Crippen molar-refractivity contribution in [1.29, 1.82) is 0 Å². The monoisotopic (exact) mass is 391 g/mol. The van der Waals surface area contributed by atoms with Gasteiger partial charge in [-0.2, -0.15) is 0 Å². The second-order valence-corrected chi connectivity index (χ2v) is 7.66. The molecule has 0 aliphatic carbocycles. The van der Waals surface area contributed by atoms with E-state index in [4.69, 9.17) is 19.2 Å². The number of guanidine groups is 1. The molecule has 28 heavy (non-hydrogen) atoms. The molecule has 1 aliphatic heterocycles. The molecule has 0 radical (unpaired) electrons. The lowest BCUT2D eigenvalue weighted by atomic mass is 10.1. The molecule has 1 unspecified atom stereocenters. The summed E-state index contributed by atoms with van der Waals surface area (Å²) in [6, 6.07) is 6.30. The van der Waals surface area contributed by atoms with Crippen LogP contribution in [0.1, 0.15) is 44.7 Å². The Morgan fingerprint density at radius 1 is 1.32 bits per heavy atom. The van der Waals surface area contributed by atoms with Gasteiger partial charge in [0.05, 0.1) is 19.8 Å². The Bertz CT molecular complexity index is 599. The highest BCUT2D eigenvalue weighted by atomic mass is 16.5. The van der Waals surface area contributed by atoms with Gasteiger partial charge in [-0.25, -0.2) is 4.99 Å². The lowest BCUT2D eigenvalue weighted by Crippen LogP contribution is -2.38. The average molecular weight is 392 g/mol. The van der Waals surface area contributed by atoms with Crippen molar-refractivity contribution in [3.05, 3.63) is 29.3 Å². The van der Waals surface area contributed by atoms with E-state index in [2.05, 4.69) is 56.5 Å². The molecule has 0 amide bonds. The molecule has 1 atom stereocenters. The van der Waals surface area contributed by atoms with Gasteiger partial charge in [-0.15, -0.1) is 0 Å². The Kier molecular flexibility index (Phi) is 10.1. The smallest absolute Gasteiger partial charge is 0.191 e. The number of aryl methyl sites for hydroxylation is 1. The van der Waals surface area contributed by atoms with Gasteiger partial charge in [-0.05, 0) is 37.8 Å². The molecule has 2 rings (SSSR count). The lowest BCUT2D eigenvalue weighted by Gasteiger charge is -2.16. The second-order valence-electron chi connectivity index (χ2n) is 7.66. The third-order valence-corrected chi connectivity index (χ3v) is 4.37. The average Bonchev–Trinajstić information content (AvgIpc) is 3.16. The predicted octanol–water partition coefficient (Wildman–Crippen LogP) is 3.28. The molecule has 0 bridgehead atoms. The molecule has 0 spiro atoms. The number of rotatable bonds is 11. The summed E-state index contributed by atoms with van der Waals surface area (Å²) in [7, 11) is 0. The Labute approximate surface area is 170 Å². The zero-order valence-electron chi connectivity index (χ0n) is 17.9. The Morgan fingerprint density at radius 2 is 2.18 bits per heavy atom. The molecule has 1 aliphatic rings. The fourth-order valence-corrected chi connectivity index (χ4v) is 2.89. The van der Waals surface area contributed by atoms with Crippen LogP contribution in [0.25, 0.3) is 0 Å². The van der Waals surface area contributed by atoms with Gasteiger partial charge in [0, 0.05) is 38.3 Å². The quantitative estimate of drug-likeness (QED) is 0.344. The summed E-state index contributed by atoms with van der Waals surface area (Å²) in [5.74, 6) is 2.31. The van der Waals surface area contributed by atoms with Crippen molar-refractivity contribution in [3.63, 3.8) is 0 Å². The predicted molar refractivity (Wildman–Crippen MR) is 114 cm³/mol. The van der Waals surface area contributed by atoms with Crippen molar-refractivity contribution in [2.45, 2.75) is 53.2 Å². The summed E-state index contributed by atoms with van der Waals surface area (Å²) in [5, 5.41) is 6.68. The molecule has 2 N–H and O–H groups in total. The van der Waals surface area contributed by atoms with Gasteiger partial charge in [-0.1, -0.05) is 26.0 Å². The van der Waals surface area contributed by atoms with Crippen LogP contribution in [0.4, 0.5) is 0 Å². The Hall–Kier alpha value is -1.79. The molecule has 1 fully saturated rings. The van der Waals surface area contributed by atoms with Crippen LogP contribution in [0.2, 0.25) is 0 Å². The van der Waals surface area contributed by atoms with Crippen molar-refractivity contribution < 1.29 is 14.2 Å². The minimum atomic E-state index is 0.140. The first-order valence-corrected chi connectivity index (χ1v) is 10.5. The Balaban J connectivity index is 1.88. The standard InChI is InChI=1S/C22H37N3O3/c1-5-23-22(24-10-6-11-26-15-17(2)3)25-14-19-8-7-18(4)13-21(19)28-20-9-12-27-16-20/h7-8,13,17,20H,5-6,9-12,14-16H2,1-4H3,(H2,23,24,25). The molecule has 0 saturated carbocycles. The zero-order chi connectivity index (χ0) is 20.2. The van der Waals surface area contributed by atoms with Gasteiger partial charge < -0.3 is 24.8 Å². The third-order valence-electron chi connectivity index (χ3n) is 4.37. The van der Waals surface area contributed by atoms with Gasteiger partial charge in [-0.3, -0.25) is 0 Å². The van der Waals surface area contributed by atoms with E-state index in [9.17, 15) is 0 Å². The minimum absolute atomic E-state index is 0.140. The van der Waals surface area contributed by atoms with Crippen molar-refractivity contribution in [2.24, 2.45) is 10.9 Å². The van der Waals surface area contributed by atoms with Crippen LogP contribution in [-0.4, -0.2) is 51.6 Å². The van der Waals surface area contributed by atoms with Gasteiger partial charge in [0.1, 0.15) is 11.9 Å². The molecule has 0 aromatic heterocycles. The topological polar surface area (TPSA) is 64.1 Å². The van der Waals surface area contributed by atoms with Crippen LogP contribution < -0.4 is 15.4 Å². The van der Waals surface area contributed by atoms with Crippen LogP contribution in [-0.2, 0) is 16.0 Å². The van der Waals surface area contributed by atoms with E-state index in [1.165, 1.54) is 5.56 Å². The van der Waals surface area contributed by atoms with E-state index in [0.717, 1.165) is 63.0 Å². The number of hydrogen-bond donors (Lipinski definition) is 2. The van der Waals surface area contributed by atoms with Crippen molar-refractivity contribution in [3.8, 4) is 5.75 Å². The minimum Gasteiger partial charge on any atom is -0.488 e. The van der Waals surface area contributed by atoms with Gasteiger partial charge in [0.25, 0.3) is 0 Å². The SMILES string of the molecule is CCNC(=NCc1ccc(C)cc1OC1CCOC1)NCCCOCC(C)C. The second kappa shape index (κ2) is 12.6. The van der Waals surface area contributed by atoms with Crippen LogP contribution in [0.5, 0.6) is 5.75 Å². The maximum absolute atomic E-state index is 6.17.